The first-order valence-corrected chi connectivity index (χ1v) is 6.19. The van der Waals surface area contributed by atoms with E-state index in [4.69, 9.17) is 0 Å². The van der Waals surface area contributed by atoms with Crippen molar-refractivity contribution in [2.45, 2.75) is 33.1 Å². The van der Waals surface area contributed by atoms with Crippen molar-refractivity contribution in [3.8, 4) is 0 Å². The van der Waals surface area contributed by atoms with Crippen LogP contribution in [0.1, 0.15) is 24.0 Å². The third-order valence-corrected chi connectivity index (χ3v) is 3.15. The molecule has 2 heterocycles. The molecule has 2 aromatic rings. The number of alkyl halides is 3. The lowest BCUT2D eigenvalue weighted by atomic mass is 10.3. The van der Waals surface area contributed by atoms with Crippen molar-refractivity contribution in [1.29, 1.82) is 0 Å². The van der Waals surface area contributed by atoms with Crippen molar-refractivity contribution < 1.29 is 13.2 Å². The summed E-state index contributed by atoms with van der Waals surface area (Å²) in [7, 11) is 1.80. The Morgan fingerprint density at radius 2 is 2.05 bits per heavy atom. The molecule has 110 valence electrons. The molecule has 8 heteroatoms. The smallest absolute Gasteiger partial charge is 0.377 e. The van der Waals surface area contributed by atoms with Crippen LogP contribution in [0.15, 0.2) is 12.3 Å². The molecule has 0 bridgehead atoms. The second-order valence-electron chi connectivity index (χ2n) is 4.46. The molecule has 1 N–H and O–H groups in total. The molecule has 0 spiro atoms. The second kappa shape index (κ2) is 5.18. The fraction of sp³-hybridized carbons (Fsp3) is 0.500. The molecule has 2 rings (SSSR count). The summed E-state index contributed by atoms with van der Waals surface area (Å²) < 4.78 is 41.0. The van der Waals surface area contributed by atoms with Crippen molar-refractivity contribution in [3.63, 3.8) is 0 Å². The van der Waals surface area contributed by atoms with Crippen LogP contribution in [-0.4, -0.2) is 19.6 Å². The third-order valence-electron chi connectivity index (χ3n) is 3.15. The lowest BCUT2D eigenvalue weighted by Crippen LogP contribution is -2.09. The molecule has 0 atom stereocenters. The predicted molar refractivity (Wildman–Crippen MR) is 68.2 cm³/mol. The Kier molecular flexibility index (Phi) is 3.74. The number of hydrogen-bond donors (Lipinski definition) is 1. The van der Waals surface area contributed by atoms with Crippen molar-refractivity contribution in [2.24, 2.45) is 7.05 Å². The Balaban J connectivity index is 2.17. The van der Waals surface area contributed by atoms with Gasteiger partial charge in [-0.05, 0) is 19.9 Å². The van der Waals surface area contributed by atoms with E-state index in [0.29, 0.717) is 12.2 Å². The highest BCUT2D eigenvalue weighted by Gasteiger charge is 2.34. The molecule has 20 heavy (non-hydrogen) atoms. The van der Waals surface area contributed by atoms with Crippen LogP contribution in [0.3, 0.4) is 0 Å². The summed E-state index contributed by atoms with van der Waals surface area (Å²) in [6, 6.07) is 1.07. The molecule has 0 saturated heterocycles. The van der Waals surface area contributed by atoms with Crippen molar-refractivity contribution in [1.82, 2.24) is 19.6 Å². The van der Waals surface area contributed by atoms with Crippen LogP contribution < -0.4 is 5.32 Å². The number of anilines is 1. The van der Waals surface area contributed by atoms with E-state index >= 15 is 0 Å². The van der Waals surface area contributed by atoms with E-state index in [1.165, 1.54) is 4.68 Å². The van der Waals surface area contributed by atoms with E-state index in [9.17, 15) is 13.2 Å². The van der Waals surface area contributed by atoms with Gasteiger partial charge in [0.05, 0.1) is 29.8 Å². The van der Waals surface area contributed by atoms with Crippen LogP contribution in [0, 0.1) is 6.92 Å². The molecule has 0 aliphatic heterocycles. The van der Waals surface area contributed by atoms with Crippen molar-refractivity contribution >= 4 is 5.69 Å². The number of nitrogens with zero attached hydrogens (tertiary/aromatic N) is 4. The van der Waals surface area contributed by atoms with E-state index in [1.54, 1.807) is 24.9 Å². The number of hydrogen-bond acceptors (Lipinski definition) is 3. The van der Waals surface area contributed by atoms with E-state index in [2.05, 4.69) is 15.5 Å². The molecule has 0 aliphatic carbocycles. The molecular formula is C12H16F3N5. The SMILES string of the molecule is CCn1nc(C(F)(F)F)cc1CNc1cnn(C)c1C. The van der Waals surface area contributed by atoms with Gasteiger partial charge in [-0.25, -0.2) is 0 Å². The molecular weight excluding hydrogens is 271 g/mol. The van der Waals surface area contributed by atoms with Gasteiger partial charge in [0.1, 0.15) is 0 Å². The van der Waals surface area contributed by atoms with Gasteiger partial charge in [0.25, 0.3) is 0 Å². The average molecular weight is 287 g/mol. The minimum atomic E-state index is -4.42. The summed E-state index contributed by atoms with van der Waals surface area (Å²) in [5, 5.41) is 10.7. The van der Waals surface area contributed by atoms with Crippen LogP contribution in [0.25, 0.3) is 0 Å². The van der Waals surface area contributed by atoms with Crippen LogP contribution in [0.2, 0.25) is 0 Å². The highest BCUT2D eigenvalue weighted by atomic mass is 19.4. The summed E-state index contributed by atoms with van der Waals surface area (Å²) in [6.07, 6.45) is -2.77. The summed E-state index contributed by atoms with van der Waals surface area (Å²) in [5.74, 6) is 0. The van der Waals surface area contributed by atoms with Gasteiger partial charge in [0.2, 0.25) is 0 Å². The molecule has 2 aromatic heterocycles. The zero-order chi connectivity index (χ0) is 14.9. The van der Waals surface area contributed by atoms with E-state index in [1.807, 2.05) is 6.92 Å². The predicted octanol–water partition coefficient (Wildman–Crippen LogP) is 2.58. The molecule has 0 aliphatic rings. The number of aryl methyl sites for hydroxylation is 2. The van der Waals surface area contributed by atoms with E-state index in [0.717, 1.165) is 17.4 Å². The maximum absolute atomic E-state index is 12.6. The molecule has 5 nitrogen and oxygen atoms in total. The zero-order valence-electron chi connectivity index (χ0n) is 11.5. The summed E-state index contributed by atoms with van der Waals surface area (Å²) in [5.41, 5.74) is 1.34. The van der Waals surface area contributed by atoms with Gasteiger partial charge in [-0.3, -0.25) is 9.36 Å². The first kappa shape index (κ1) is 14.4. The first-order valence-electron chi connectivity index (χ1n) is 6.19. The topological polar surface area (TPSA) is 47.7 Å². The van der Waals surface area contributed by atoms with Gasteiger partial charge < -0.3 is 5.32 Å². The summed E-state index contributed by atoms with van der Waals surface area (Å²) >= 11 is 0. The molecule has 0 saturated carbocycles. The molecule has 0 amide bonds. The Hall–Kier alpha value is -1.99. The number of rotatable bonds is 4. The summed E-state index contributed by atoms with van der Waals surface area (Å²) in [4.78, 5) is 0. The fourth-order valence-corrected chi connectivity index (χ4v) is 1.87. The Morgan fingerprint density at radius 3 is 2.55 bits per heavy atom. The van der Waals surface area contributed by atoms with Crippen molar-refractivity contribution in [2.75, 3.05) is 5.32 Å². The maximum atomic E-state index is 12.6. The average Bonchev–Trinajstić information content (AvgIpc) is 2.92. The standard InChI is InChI=1S/C12H16F3N5/c1-4-20-9(5-11(18-20)12(13,14)15)6-16-10-7-17-19(3)8(10)2/h5,7,16H,4,6H2,1-3H3. The fourth-order valence-electron chi connectivity index (χ4n) is 1.87. The molecule has 0 unspecified atom stereocenters. The van der Waals surface area contributed by atoms with Gasteiger partial charge in [0, 0.05) is 13.6 Å². The number of aromatic nitrogens is 4. The Bertz CT molecular complexity index is 597. The lowest BCUT2D eigenvalue weighted by Gasteiger charge is -2.07. The highest BCUT2D eigenvalue weighted by Crippen LogP contribution is 2.28. The van der Waals surface area contributed by atoms with Gasteiger partial charge in [-0.15, -0.1) is 0 Å². The minimum absolute atomic E-state index is 0.267. The normalized spacial score (nSPS) is 11.9. The molecule has 0 radical (unpaired) electrons. The molecule has 0 aromatic carbocycles. The van der Waals surface area contributed by atoms with Crippen LogP contribution >= 0.6 is 0 Å². The Labute approximate surface area is 114 Å². The number of nitrogens with one attached hydrogen (secondary N) is 1. The zero-order valence-corrected chi connectivity index (χ0v) is 11.5. The van der Waals surface area contributed by atoms with Crippen LogP contribution in [-0.2, 0) is 26.3 Å². The largest absolute Gasteiger partial charge is 0.435 e. The van der Waals surface area contributed by atoms with Crippen molar-refractivity contribution in [3.05, 3.63) is 29.3 Å². The lowest BCUT2D eigenvalue weighted by molar-refractivity contribution is -0.141. The monoisotopic (exact) mass is 287 g/mol. The minimum Gasteiger partial charge on any atom is -0.377 e. The Morgan fingerprint density at radius 1 is 1.35 bits per heavy atom. The van der Waals surface area contributed by atoms with E-state index < -0.39 is 11.9 Å². The van der Waals surface area contributed by atoms with Gasteiger partial charge >= 0.3 is 6.18 Å². The van der Waals surface area contributed by atoms with Crippen LogP contribution in [0.5, 0.6) is 0 Å². The summed E-state index contributed by atoms with van der Waals surface area (Å²) in [6.45, 7) is 4.29. The van der Waals surface area contributed by atoms with Crippen LogP contribution in [0.4, 0.5) is 18.9 Å². The van der Waals surface area contributed by atoms with E-state index in [-0.39, 0.29) is 6.54 Å². The second-order valence-corrected chi connectivity index (χ2v) is 4.46. The maximum Gasteiger partial charge on any atom is 0.435 e. The highest BCUT2D eigenvalue weighted by molar-refractivity contribution is 5.45. The quantitative estimate of drug-likeness (QED) is 0.940. The number of halogens is 3. The van der Waals surface area contributed by atoms with Gasteiger partial charge in [-0.2, -0.15) is 23.4 Å². The first-order chi connectivity index (χ1) is 9.32. The van der Waals surface area contributed by atoms with Gasteiger partial charge in [-0.1, -0.05) is 0 Å². The van der Waals surface area contributed by atoms with Gasteiger partial charge in [0.15, 0.2) is 5.69 Å². The molecule has 0 fully saturated rings. The third kappa shape index (κ3) is 2.78.